The smallest absolute Gasteiger partial charge is 0.270 e. The zero-order valence-corrected chi connectivity index (χ0v) is 20.6. The van der Waals surface area contributed by atoms with E-state index in [1.165, 1.54) is 11.3 Å². The number of hydrogen-bond acceptors (Lipinski definition) is 4. The number of H-pyrrole nitrogens is 1. The third-order valence-electron chi connectivity index (χ3n) is 6.96. The van der Waals surface area contributed by atoms with Crippen molar-refractivity contribution in [3.8, 4) is 5.75 Å². The van der Waals surface area contributed by atoms with Crippen LogP contribution < -0.4 is 10.1 Å². The maximum Gasteiger partial charge on any atom is 0.270 e. The van der Waals surface area contributed by atoms with E-state index in [0.29, 0.717) is 37.7 Å². The molecule has 182 valence electrons. The first-order chi connectivity index (χ1) is 16.4. The average Bonchev–Trinajstić information content (AvgIpc) is 3.39. The molecule has 3 heterocycles. The van der Waals surface area contributed by atoms with Crippen LogP contribution in [0.25, 0.3) is 10.9 Å². The molecule has 2 aromatic heterocycles. The number of carbonyl (C=O) groups is 2. The van der Waals surface area contributed by atoms with Crippen molar-refractivity contribution in [3.05, 3.63) is 46.9 Å². The van der Waals surface area contributed by atoms with E-state index in [1.807, 2.05) is 40.8 Å². The molecule has 8 nitrogen and oxygen atoms in total. The highest BCUT2D eigenvalue weighted by molar-refractivity contribution is 5.98. The zero-order chi connectivity index (χ0) is 24.2. The molecule has 1 aliphatic rings. The number of piperidine rings is 1. The van der Waals surface area contributed by atoms with E-state index in [-0.39, 0.29) is 11.8 Å². The fourth-order valence-electron chi connectivity index (χ4n) is 4.92. The fourth-order valence-corrected chi connectivity index (χ4v) is 4.92. The van der Waals surface area contributed by atoms with E-state index in [1.54, 1.807) is 7.11 Å². The Morgan fingerprint density at radius 3 is 2.65 bits per heavy atom. The van der Waals surface area contributed by atoms with Gasteiger partial charge in [0.05, 0.1) is 12.8 Å². The number of nitrogens with zero attached hydrogens (tertiary/aromatic N) is 3. The molecule has 0 bridgehead atoms. The van der Waals surface area contributed by atoms with Gasteiger partial charge in [-0.3, -0.25) is 14.3 Å². The first-order valence-corrected chi connectivity index (χ1v) is 12.1. The molecule has 1 aromatic carbocycles. The van der Waals surface area contributed by atoms with Crippen molar-refractivity contribution in [3.63, 3.8) is 0 Å². The highest BCUT2D eigenvalue weighted by Gasteiger charge is 2.26. The summed E-state index contributed by atoms with van der Waals surface area (Å²) < 4.78 is 7.27. The summed E-state index contributed by atoms with van der Waals surface area (Å²) in [6, 6.07) is 7.63. The maximum atomic E-state index is 13.0. The second-order valence-electron chi connectivity index (χ2n) is 9.14. The molecule has 4 rings (SSSR count). The lowest BCUT2D eigenvalue weighted by molar-refractivity contribution is -0.122. The van der Waals surface area contributed by atoms with E-state index < -0.39 is 0 Å². The van der Waals surface area contributed by atoms with Gasteiger partial charge in [0.1, 0.15) is 11.4 Å². The number of aryl methyl sites for hydroxylation is 2. The Morgan fingerprint density at radius 1 is 1.21 bits per heavy atom. The molecular formula is C26H35N5O3. The third-order valence-corrected chi connectivity index (χ3v) is 6.96. The van der Waals surface area contributed by atoms with Crippen LogP contribution in [0.2, 0.25) is 0 Å². The van der Waals surface area contributed by atoms with Crippen LogP contribution in [0.3, 0.4) is 0 Å². The van der Waals surface area contributed by atoms with Crippen LogP contribution >= 0.6 is 0 Å². The SMILES string of the molecule is CCn1nc(C)c(CCNC(=O)CC2CCN(C(=O)c3cc4ccc(OC)cc4[nH]3)CC2)c1C. The normalized spacial score (nSPS) is 14.5. The molecule has 1 aliphatic heterocycles. The summed E-state index contributed by atoms with van der Waals surface area (Å²) in [5, 5.41) is 8.61. The summed E-state index contributed by atoms with van der Waals surface area (Å²) >= 11 is 0. The number of amides is 2. The number of fused-ring (bicyclic) bond motifs is 1. The lowest BCUT2D eigenvalue weighted by atomic mass is 9.93. The number of benzene rings is 1. The molecule has 2 N–H and O–H groups in total. The molecule has 8 heteroatoms. The van der Waals surface area contributed by atoms with Crippen molar-refractivity contribution < 1.29 is 14.3 Å². The number of aromatic amines is 1. The second-order valence-corrected chi connectivity index (χ2v) is 9.14. The minimum Gasteiger partial charge on any atom is -0.497 e. The summed E-state index contributed by atoms with van der Waals surface area (Å²) in [7, 11) is 1.63. The van der Waals surface area contributed by atoms with E-state index in [9.17, 15) is 9.59 Å². The fraction of sp³-hybridized carbons (Fsp3) is 0.500. The summed E-state index contributed by atoms with van der Waals surface area (Å²) in [6.45, 7) is 9.02. The molecule has 2 amide bonds. The number of ether oxygens (including phenoxy) is 1. The first-order valence-electron chi connectivity index (χ1n) is 12.1. The van der Waals surface area contributed by atoms with Crippen molar-refractivity contribution in [2.45, 2.75) is 53.0 Å². The molecule has 0 spiro atoms. The van der Waals surface area contributed by atoms with Gasteiger partial charge in [-0.25, -0.2) is 0 Å². The molecule has 0 saturated carbocycles. The van der Waals surface area contributed by atoms with E-state index in [2.05, 4.69) is 29.2 Å². The van der Waals surface area contributed by atoms with E-state index in [4.69, 9.17) is 4.74 Å². The van der Waals surface area contributed by atoms with Gasteiger partial charge in [-0.1, -0.05) is 0 Å². The molecule has 3 aromatic rings. The molecule has 0 atom stereocenters. The quantitative estimate of drug-likeness (QED) is 0.532. The van der Waals surface area contributed by atoms with Crippen LogP contribution in [0.15, 0.2) is 24.3 Å². The average molecular weight is 466 g/mol. The maximum absolute atomic E-state index is 13.0. The highest BCUT2D eigenvalue weighted by atomic mass is 16.5. The van der Waals surface area contributed by atoms with Gasteiger partial charge in [-0.2, -0.15) is 5.10 Å². The van der Waals surface area contributed by atoms with Crippen molar-refractivity contribution in [1.82, 2.24) is 25.0 Å². The largest absolute Gasteiger partial charge is 0.497 e. The Kier molecular flexibility index (Phi) is 7.24. The van der Waals surface area contributed by atoms with Gasteiger partial charge in [0.25, 0.3) is 5.91 Å². The molecular weight excluding hydrogens is 430 g/mol. The molecule has 1 fully saturated rings. The Hall–Kier alpha value is -3.29. The molecule has 0 aliphatic carbocycles. The van der Waals surface area contributed by atoms with E-state index >= 15 is 0 Å². The van der Waals surface area contributed by atoms with Gasteiger partial charge in [0, 0.05) is 55.3 Å². The Morgan fingerprint density at radius 2 is 1.97 bits per heavy atom. The van der Waals surface area contributed by atoms with Gasteiger partial charge in [0.2, 0.25) is 5.91 Å². The van der Waals surface area contributed by atoms with Crippen LogP contribution in [0.5, 0.6) is 5.75 Å². The summed E-state index contributed by atoms with van der Waals surface area (Å²) in [6.07, 6.45) is 3.00. The predicted octanol–water partition coefficient (Wildman–Crippen LogP) is 3.61. The van der Waals surface area contributed by atoms with Crippen LogP contribution in [-0.2, 0) is 17.8 Å². The second kappa shape index (κ2) is 10.3. The van der Waals surface area contributed by atoms with Crippen LogP contribution in [-0.4, -0.2) is 58.2 Å². The Bertz CT molecular complexity index is 1170. The number of nitrogens with one attached hydrogen (secondary N) is 2. The lowest BCUT2D eigenvalue weighted by Crippen LogP contribution is -2.40. The number of rotatable bonds is 8. The monoisotopic (exact) mass is 465 g/mol. The first kappa shape index (κ1) is 23.9. The minimum atomic E-state index is 0.0106. The zero-order valence-electron chi connectivity index (χ0n) is 20.6. The number of carbonyl (C=O) groups excluding carboxylic acids is 2. The highest BCUT2D eigenvalue weighted by Crippen LogP contribution is 2.25. The van der Waals surface area contributed by atoms with Gasteiger partial charge < -0.3 is 19.9 Å². The lowest BCUT2D eigenvalue weighted by Gasteiger charge is -2.31. The number of aromatic nitrogens is 3. The van der Waals surface area contributed by atoms with E-state index in [0.717, 1.165) is 48.2 Å². The van der Waals surface area contributed by atoms with Crippen molar-refractivity contribution in [2.75, 3.05) is 26.7 Å². The summed E-state index contributed by atoms with van der Waals surface area (Å²) in [5.74, 6) is 1.17. The Balaban J connectivity index is 1.23. The van der Waals surface area contributed by atoms with Crippen LogP contribution in [0.1, 0.15) is 53.6 Å². The summed E-state index contributed by atoms with van der Waals surface area (Å²) in [5.41, 5.74) is 4.93. The van der Waals surface area contributed by atoms with Gasteiger partial charge in [0.15, 0.2) is 0 Å². The number of methoxy groups -OCH3 is 1. The number of likely N-dealkylation sites (tertiary alicyclic amines) is 1. The topological polar surface area (TPSA) is 92.2 Å². The van der Waals surface area contributed by atoms with Crippen LogP contribution in [0, 0.1) is 19.8 Å². The number of hydrogen-bond donors (Lipinski definition) is 2. The van der Waals surface area contributed by atoms with Crippen molar-refractivity contribution in [1.29, 1.82) is 0 Å². The molecule has 34 heavy (non-hydrogen) atoms. The van der Waals surface area contributed by atoms with Crippen molar-refractivity contribution in [2.24, 2.45) is 5.92 Å². The Labute approximate surface area is 200 Å². The van der Waals surface area contributed by atoms with Gasteiger partial charge in [-0.15, -0.1) is 0 Å². The van der Waals surface area contributed by atoms with Crippen LogP contribution in [0.4, 0.5) is 0 Å². The predicted molar refractivity (Wildman–Crippen MR) is 132 cm³/mol. The van der Waals surface area contributed by atoms with Gasteiger partial charge >= 0.3 is 0 Å². The van der Waals surface area contributed by atoms with Gasteiger partial charge in [-0.05, 0) is 69.7 Å². The summed E-state index contributed by atoms with van der Waals surface area (Å²) in [4.78, 5) is 30.6. The third kappa shape index (κ3) is 5.11. The van der Waals surface area contributed by atoms with Crippen molar-refractivity contribution >= 4 is 22.7 Å². The minimum absolute atomic E-state index is 0.0106. The molecule has 0 radical (unpaired) electrons. The molecule has 0 unspecified atom stereocenters. The standard InChI is InChI=1S/C26H35N5O3/c1-5-31-18(3)22(17(2)29-31)8-11-27-25(32)14-19-9-12-30(13-10-19)26(33)24-15-20-6-7-21(34-4)16-23(20)28-24/h6-7,15-16,19,28H,5,8-14H2,1-4H3,(H,27,32). The molecule has 1 saturated heterocycles.